The Balaban J connectivity index is 0.000000166. The summed E-state index contributed by atoms with van der Waals surface area (Å²) in [5.74, 6) is -0.889. The zero-order valence-electron chi connectivity index (χ0n) is 19.2. The quantitative estimate of drug-likeness (QED) is 0.393. The molecule has 1 aromatic carbocycles. The molecule has 2 aromatic rings. The molecule has 0 amide bonds. The molecule has 3 saturated carbocycles. The van der Waals surface area contributed by atoms with Crippen LogP contribution in [0.15, 0.2) is 30.5 Å². The van der Waals surface area contributed by atoms with E-state index in [1.54, 1.807) is 121 Å². The van der Waals surface area contributed by atoms with Crippen LogP contribution in [0.1, 0.15) is 107 Å². The van der Waals surface area contributed by atoms with Gasteiger partial charge in [0.25, 0.3) is 0 Å². The number of aromatic amines is 1. The average Bonchev–Trinajstić information content (AvgIpc) is 3.31. The summed E-state index contributed by atoms with van der Waals surface area (Å²) in [7, 11) is 0. The monoisotopic (exact) mass is 531 g/mol. The molecule has 1 heterocycles. The third kappa shape index (κ3) is 6.09. The molecule has 5 rings (SSSR count). The average molecular weight is 530 g/mol. The molecule has 0 aliphatic heterocycles. The summed E-state index contributed by atoms with van der Waals surface area (Å²) in [5.41, 5.74) is 1.20. The van der Waals surface area contributed by atoms with Crippen molar-refractivity contribution < 1.29 is 9.90 Å². The van der Waals surface area contributed by atoms with Gasteiger partial charge in [0.2, 0.25) is 0 Å². The van der Waals surface area contributed by atoms with E-state index in [9.17, 15) is 4.79 Å². The van der Waals surface area contributed by atoms with Crippen molar-refractivity contribution in [3.63, 3.8) is 0 Å². The third-order valence-electron chi connectivity index (χ3n) is 8.41. The largest absolute Gasteiger partial charge is 0.478 e. The zero-order valence-corrected chi connectivity index (χ0v) is 22.5. The van der Waals surface area contributed by atoms with Crippen molar-refractivity contribution >= 4 is 36.6 Å². The van der Waals surface area contributed by atoms with Crippen LogP contribution in [0.2, 0.25) is 11.8 Å². The number of carbonyl (C=O) groups is 1. The van der Waals surface area contributed by atoms with Gasteiger partial charge in [0.05, 0.1) is 5.56 Å². The van der Waals surface area contributed by atoms with Gasteiger partial charge in [0.1, 0.15) is 0 Å². The Labute approximate surface area is 195 Å². The molecule has 3 aliphatic carbocycles. The fraction of sp³-hybridized carbons (Fsp3) is 0.667. The van der Waals surface area contributed by atoms with E-state index in [2.05, 4.69) is 4.98 Å². The Morgan fingerprint density at radius 3 is 1.68 bits per heavy atom. The van der Waals surface area contributed by atoms with Gasteiger partial charge in [-0.3, -0.25) is 0 Å². The number of rotatable bonds is 4. The molecular formula is C27H41NO2Sn. The molecule has 4 heteroatoms. The first-order valence-corrected chi connectivity index (χ1v) is 18.7. The molecule has 3 aliphatic rings. The summed E-state index contributed by atoms with van der Waals surface area (Å²) in [4.78, 5) is 13.7. The third-order valence-corrected chi connectivity index (χ3v) is 23.4. The fourth-order valence-electron chi connectivity index (χ4n) is 6.98. The molecule has 31 heavy (non-hydrogen) atoms. The Bertz CT molecular complexity index is 771. The van der Waals surface area contributed by atoms with Gasteiger partial charge in [-0.15, -0.1) is 0 Å². The van der Waals surface area contributed by atoms with Crippen LogP contribution in [0.3, 0.4) is 0 Å². The number of hydrogen-bond acceptors (Lipinski definition) is 1. The molecular weight excluding hydrogens is 489 g/mol. The first-order valence-electron chi connectivity index (χ1n) is 13.0. The predicted octanol–water partition coefficient (Wildman–Crippen LogP) is 8.08. The van der Waals surface area contributed by atoms with Crippen molar-refractivity contribution in [1.29, 1.82) is 0 Å². The summed E-state index contributed by atoms with van der Waals surface area (Å²) in [6, 6.07) is 6.93. The molecule has 0 atom stereocenters. The summed E-state index contributed by atoms with van der Waals surface area (Å²) in [6.07, 6.45) is 26.0. The van der Waals surface area contributed by atoms with E-state index in [0.717, 1.165) is 10.9 Å². The SMILES string of the molecule is C1CC[CH]([SnH]([CH]2CCCCC2)[CH]2CCCCC2)CC1.O=C(O)c1cccc2[nH]ccc12. The van der Waals surface area contributed by atoms with E-state index in [-0.39, 0.29) is 0 Å². The Hall–Kier alpha value is -0.971. The minimum absolute atomic E-state index is 0.341. The van der Waals surface area contributed by atoms with Crippen LogP contribution in [0, 0.1) is 0 Å². The smallest absolute Gasteiger partial charge is 0.336 e. The van der Waals surface area contributed by atoms with Crippen LogP contribution in [0.5, 0.6) is 0 Å². The van der Waals surface area contributed by atoms with E-state index < -0.39 is 25.7 Å². The molecule has 0 bridgehead atoms. The van der Waals surface area contributed by atoms with Crippen LogP contribution < -0.4 is 0 Å². The van der Waals surface area contributed by atoms with E-state index in [0.29, 0.717) is 5.56 Å². The van der Waals surface area contributed by atoms with Crippen molar-refractivity contribution in [2.45, 2.75) is 108 Å². The van der Waals surface area contributed by atoms with Crippen LogP contribution in [-0.4, -0.2) is 35.8 Å². The van der Waals surface area contributed by atoms with Gasteiger partial charge < -0.3 is 10.1 Å². The molecule has 2 N–H and O–H groups in total. The standard InChI is InChI=1S/C9H7NO2.3C6H11.Sn.H/c11-9(12)7-2-1-3-8-6(7)4-5-10-8;3*1-2-4-6-5-3-1;;/h1-5,10H,(H,11,12);3*1H,2-6H2;;. The summed E-state index contributed by atoms with van der Waals surface area (Å²) < 4.78 is 4.00. The second-order valence-electron chi connectivity index (χ2n) is 10.3. The number of fused-ring (bicyclic) bond motifs is 1. The number of nitrogens with one attached hydrogen (secondary N) is 1. The second-order valence-corrected chi connectivity index (χ2v) is 21.7. The summed E-state index contributed by atoms with van der Waals surface area (Å²) >= 11 is -1.31. The fourth-order valence-corrected chi connectivity index (χ4v) is 24.2. The molecule has 170 valence electrons. The predicted molar refractivity (Wildman–Crippen MR) is 133 cm³/mol. The van der Waals surface area contributed by atoms with Gasteiger partial charge in [-0.2, -0.15) is 0 Å². The normalized spacial score (nSPS) is 21.7. The summed E-state index contributed by atoms with van der Waals surface area (Å²) in [6.45, 7) is 0. The summed E-state index contributed by atoms with van der Waals surface area (Å²) in [5, 5.41) is 9.54. The van der Waals surface area contributed by atoms with Crippen molar-refractivity contribution in [2.24, 2.45) is 0 Å². The van der Waals surface area contributed by atoms with Crippen LogP contribution in [0.25, 0.3) is 10.9 Å². The van der Waals surface area contributed by atoms with Crippen molar-refractivity contribution in [3.8, 4) is 0 Å². The maximum Gasteiger partial charge on any atom is 0.336 e. The van der Waals surface area contributed by atoms with Gasteiger partial charge in [-0.25, -0.2) is 4.79 Å². The van der Waals surface area contributed by atoms with Crippen LogP contribution in [0.4, 0.5) is 0 Å². The van der Waals surface area contributed by atoms with E-state index >= 15 is 0 Å². The Morgan fingerprint density at radius 1 is 0.742 bits per heavy atom. The molecule has 0 unspecified atom stereocenters. The molecule has 0 radical (unpaired) electrons. The number of carboxylic acids is 1. The number of aromatic carboxylic acids is 1. The second kappa shape index (κ2) is 11.8. The van der Waals surface area contributed by atoms with Gasteiger partial charge in [0, 0.05) is 17.1 Å². The number of hydrogen-bond donors (Lipinski definition) is 2. The molecule has 0 saturated heterocycles. The molecule has 3 nitrogen and oxygen atoms in total. The topological polar surface area (TPSA) is 53.1 Å². The maximum absolute atomic E-state index is 10.7. The first-order chi connectivity index (χ1) is 15.2. The maximum atomic E-state index is 10.7. The Morgan fingerprint density at radius 2 is 1.23 bits per heavy atom. The number of benzene rings is 1. The first kappa shape index (κ1) is 23.2. The van der Waals surface area contributed by atoms with E-state index in [1.165, 1.54) is 11.8 Å². The van der Waals surface area contributed by atoms with Gasteiger partial charge >= 0.3 is 134 Å². The minimum Gasteiger partial charge on any atom is -0.478 e. The van der Waals surface area contributed by atoms with Crippen LogP contribution >= 0.6 is 0 Å². The van der Waals surface area contributed by atoms with Crippen molar-refractivity contribution in [3.05, 3.63) is 36.0 Å². The van der Waals surface area contributed by atoms with Gasteiger partial charge in [-0.05, 0) is 18.2 Å². The van der Waals surface area contributed by atoms with E-state index in [1.807, 2.05) is 6.07 Å². The Kier molecular flexibility index (Phi) is 8.80. The molecule has 0 spiro atoms. The van der Waals surface area contributed by atoms with Crippen molar-refractivity contribution in [1.82, 2.24) is 4.98 Å². The van der Waals surface area contributed by atoms with Gasteiger partial charge in [-0.1, -0.05) is 6.07 Å². The van der Waals surface area contributed by atoms with Crippen molar-refractivity contribution in [2.75, 3.05) is 0 Å². The van der Waals surface area contributed by atoms with Gasteiger partial charge in [0.15, 0.2) is 0 Å². The number of carboxylic acid groups (broad SMARTS) is 1. The van der Waals surface area contributed by atoms with Crippen LogP contribution in [-0.2, 0) is 0 Å². The minimum atomic E-state index is -1.31. The molecule has 1 aromatic heterocycles. The zero-order chi connectivity index (χ0) is 21.5. The van der Waals surface area contributed by atoms with E-state index in [4.69, 9.17) is 5.11 Å². The number of H-pyrrole nitrogens is 1. The molecule has 3 fully saturated rings. The number of aromatic nitrogens is 1.